The highest BCUT2D eigenvalue weighted by molar-refractivity contribution is 6.12. The molecule has 2 aliphatic carbocycles. The first-order chi connectivity index (χ1) is 27.3. The molecule has 0 bridgehead atoms. The van der Waals surface area contributed by atoms with Crippen LogP contribution in [0.2, 0.25) is 0 Å². The maximum atomic E-state index is 5.49. The predicted molar refractivity (Wildman–Crippen MR) is 220 cm³/mol. The van der Waals surface area contributed by atoms with E-state index in [9.17, 15) is 0 Å². The molecule has 7 heteroatoms. The molecule has 5 aromatic heterocycles. The molecule has 0 aliphatic heterocycles. The first-order valence-electron chi connectivity index (χ1n) is 18.8. The van der Waals surface area contributed by atoms with Gasteiger partial charge in [0.15, 0.2) is 5.65 Å². The summed E-state index contributed by atoms with van der Waals surface area (Å²) in [4.78, 5) is 21.6. The molecule has 0 fully saturated rings. The first kappa shape index (κ1) is 29.1. The number of aryl methyl sites for hydroxylation is 2. The third kappa shape index (κ3) is 3.78. The molecule has 256 valence electrons. The van der Waals surface area contributed by atoms with Crippen LogP contribution in [0.15, 0.2) is 152 Å². The molecule has 11 aromatic rings. The molecule has 7 nitrogen and oxygen atoms in total. The summed E-state index contributed by atoms with van der Waals surface area (Å²) in [5, 5.41) is 5.72. The lowest BCUT2D eigenvalue weighted by Crippen LogP contribution is -2.12. The number of rotatable bonds is 3. The van der Waals surface area contributed by atoms with Gasteiger partial charge in [-0.1, -0.05) is 115 Å². The summed E-state index contributed by atoms with van der Waals surface area (Å²) in [5.74, 6) is 1.20. The molecular weight excluding hydrogens is 675 g/mol. The van der Waals surface area contributed by atoms with E-state index in [1.54, 1.807) is 0 Å². The van der Waals surface area contributed by atoms with Crippen molar-refractivity contribution in [2.24, 2.45) is 0 Å². The number of hydrogen-bond acceptors (Lipinski definition) is 4. The number of hydrogen-bond donors (Lipinski definition) is 0. The highest BCUT2D eigenvalue weighted by atomic mass is 15.2. The van der Waals surface area contributed by atoms with Crippen LogP contribution in [0.4, 0.5) is 0 Å². The van der Waals surface area contributed by atoms with E-state index in [1.165, 1.54) is 33.1 Å². The maximum absolute atomic E-state index is 5.49. The zero-order valence-corrected chi connectivity index (χ0v) is 29.5. The van der Waals surface area contributed by atoms with Crippen molar-refractivity contribution in [1.29, 1.82) is 0 Å². The number of fused-ring (bicyclic) bond motifs is 13. The van der Waals surface area contributed by atoms with Crippen molar-refractivity contribution in [3.63, 3.8) is 0 Å². The fourth-order valence-electron chi connectivity index (χ4n) is 9.56. The molecule has 0 atom stereocenters. The molecular formula is C48H29N7. The van der Waals surface area contributed by atoms with Gasteiger partial charge in [0.25, 0.3) is 0 Å². The smallest absolute Gasteiger partial charge is 0.237 e. The normalized spacial score (nSPS) is 12.9. The van der Waals surface area contributed by atoms with Crippen LogP contribution in [0.3, 0.4) is 0 Å². The Labute approximate surface area is 314 Å². The SMILES string of the molecule is c1ccc(-n2c3c(c4ccccc42)CCc2c-3n(-c3nc4c5c(nc(-n6c7ccccc7c7ccccc76)nc5n3)-c3ccccc3-4)c3ccccc23)cc1. The van der Waals surface area contributed by atoms with Crippen LogP contribution < -0.4 is 0 Å². The summed E-state index contributed by atoms with van der Waals surface area (Å²) >= 11 is 0. The monoisotopic (exact) mass is 703 g/mol. The molecule has 13 rings (SSSR count). The van der Waals surface area contributed by atoms with Crippen molar-refractivity contribution in [3.8, 4) is 51.5 Å². The number of nitrogens with zero attached hydrogens (tertiary/aromatic N) is 7. The molecule has 0 saturated heterocycles. The predicted octanol–water partition coefficient (Wildman–Crippen LogP) is 10.8. The Balaban J connectivity index is 1.16. The molecule has 55 heavy (non-hydrogen) atoms. The molecule has 0 amide bonds. The van der Waals surface area contributed by atoms with Gasteiger partial charge in [0.1, 0.15) is 0 Å². The Kier molecular flexibility index (Phi) is 5.62. The van der Waals surface area contributed by atoms with Crippen molar-refractivity contribution in [3.05, 3.63) is 163 Å². The fraction of sp³-hybridized carbons (Fsp3) is 0.0417. The Bertz CT molecular complexity index is 3390. The number of para-hydroxylation sites is 5. The van der Waals surface area contributed by atoms with Crippen molar-refractivity contribution in [2.45, 2.75) is 12.8 Å². The van der Waals surface area contributed by atoms with Crippen LogP contribution in [-0.4, -0.2) is 33.6 Å². The lowest BCUT2D eigenvalue weighted by Gasteiger charge is -2.20. The molecule has 5 heterocycles. The summed E-state index contributed by atoms with van der Waals surface area (Å²) < 4.78 is 6.92. The highest BCUT2D eigenvalue weighted by Gasteiger charge is 2.34. The second-order valence-corrected chi connectivity index (χ2v) is 14.6. The number of benzene rings is 6. The van der Waals surface area contributed by atoms with E-state index in [0.29, 0.717) is 17.5 Å². The number of aromatic nitrogens is 7. The summed E-state index contributed by atoms with van der Waals surface area (Å²) in [7, 11) is 0. The van der Waals surface area contributed by atoms with Crippen LogP contribution in [0.1, 0.15) is 11.1 Å². The Morgan fingerprint density at radius 3 is 1.35 bits per heavy atom. The second kappa shape index (κ2) is 10.6. The van der Waals surface area contributed by atoms with E-state index >= 15 is 0 Å². The van der Waals surface area contributed by atoms with Gasteiger partial charge in [-0.15, -0.1) is 0 Å². The van der Waals surface area contributed by atoms with Gasteiger partial charge in [-0.05, 0) is 60.4 Å². The molecule has 6 aromatic carbocycles. The van der Waals surface area contributed by atoms with Gasteiger partial charge in [0.2, 0.25) is 11.9 Å². The van der Waals surface area contributed by atoms with Crippen molar-refractivity contribution < 1.29 is 0 Å². The third-order valence-electron chi connectivity index (χ3n) is 11.8. The van der Waals surface area contributed by atoms with Gasteiger partial charge in [-0.25, -0.2) is 9.97 Å². The standard InChI is InChI=1S/C48H29N7/c1-2-14-28(15-3-1)53-37-22-10-8-18-31(37)35-26-27-36-32-19-9-13-25-40(32)55(45(36)44(35)53)48-50-43-34-21-5-4-20-33(34)42-41(43)46(52-48)51-47(49-42)54-38-23-11-6-16-29(38)30-17-7-12-24-39(30)54/h1-25H,26-27H2. The van der Waals surface area contributed by atoms with Crippen LogP contribution in [0, 0.1) is 0 Å². The van der Waals surface area contributed by atoms with E-state index in [4.69, 9.17) is 19.9 Å². The van der Waals surface area contributed by atoms with Gasteiger partial charge >= 0.3 is 0 Å². The Morgan fingerprint density at radius 1 is 0.364 bits per heavy atom. The van der Waals surface area contributed by atoms with Crippen LogP contribution in [0.5, 0.6) is 0 Å². The minimum atomic E-state index is 0.595. The molecule has 0 radical (unpaired) electrons. The van der Waals surface area contributed by atoms with Crippen molar-refractivity contribution in [2.75, 3.05) is 0 Å². The van der Waals surface area contributed by atoms with Gasteiger partial charge in [-0.3, -0.25) is 9.13 Å². The van der Waals surface area contributed by atoms with E-state index in [2.05, 4.69) is 165 Å². The second-order valence-electron chi connectivity index (χ2n) is 14.6. The lowest BCUT2D eigenvalue weighted by molar-refractivity contribution is 0.899. The van der Waals surface area contributed by atoms with Gasteiger partial charge in [-0.2, -0.15) is 9.97 Å². The topological polar surface area (TPSA) is 66.3 Å². The molecule has 0 spiro atoms. The first-order valence-corrected chi connectivity index (χ1v) is 18.8. The van der Waals surface area contributed by atoms with Crippen molar-refractivity contribution in [1.82, 2.24) is 33.6 Å². The van der Waals surface area contributed by atoms with E-state index in [0.717, 1.165) is 79.4 Å². The quantitative estimate of drug-likeness (QED) is 0.184. The molecule has 0 unspecified atom stereocenters. The van der Waals surface area contributed by atoms with Crippen LogP contribution in [-0.2, 0) is 12.8 Å². The van der Waals surface area contributed by atoms with Crippen LogP contribution >= 0.6 is 0 Å². The van der Waals surface area contributed by atoms with E-state index in [-0.39, 0.29) is 0 Å². The van der Waals surface area contributed by atoms with E-state index < -0.39 is 0 Å². The molecule has 0 saturated carbocycles. The fourth-order valence-corrected chi connectivity index (χ4v) is 9.56. The van der Waals surface area contributed by atoms with Gasteiger partial charge < -0.3 is 4.57 Å². The average Bonchev–Trinajstić information content (AvgIpc) is 3.97. The van der Waals surface area contributed by atoms with Gasteiger partial charge in [0.05, 0.1) is 50.2 Å². The highest BCUT2D eigenvalue weighted by Crippen LogP contribution is 2.49. The summed E-state index contributed by atoms with van der Waals surface area (Å²) in [5.41, 5.74) is 15.0. The lowest BCUT2D eigenvalue weighted by atomic mass is 9.92. The zero-order valence-electron chi connectivity index (χ0n) is 29.5. The average molecular weight is 704 g/mol. The molecule has 2 aliphatic rings. The maximum Gasteiger partial charge on any atom is 0.237 e. The van der Waals surface area contributed by atoms with E-state index in [1.807, 2.05) is 0 Å². The summed E-state index contributed by atoms with van der Waals surface area (Å²) in [6.07, 6.45) is 1.87. The van der Waals surface area contributed by atoms with Gasteiger partial charge in [0, 0.05) is 38.4 Å². The van der Waals surface area contributed by atoms with Crippen LogP contribution in [0.25, 0.3) is 106 Å². The van der Waals surface area contributed by atoms with Crippen molar-refractivity contribution >= 4 is 54.6 Å². The Morgan fingerprint density at radius 2 is 0.782 bits per heavy atom. The third-order valence-corrected chi connectivity index (χ3v) is 11.8. The summed E-state index contributed by atoms with van der Waals surface area (Å²) in [6.45, 7) is 0. The minimum absolute atomic E-state index is 0.595. The molecule has 0 N–H and O–H groups in total. The summed E-state index contributed by atoms with van der Waals surface area (Å²) in [6, 6.07) is 53.7. The zero-order chi connectivity index (χ0) is 35.8. The Hall–Kier alpha value is -7.38. The minimum Gasteiger partial charge on any atom is -0.307 e. The largest absolute Gasteiger partial charge is 0.307 e.